The Morgan fingerprint density at radius 2 is 1.75 bits per heavy atom. The van der Waals surface area contributed by atoms with Gasteiger partial charge in [-0.15, -0.1) is 12.4 Å². The van der Waals surface area contributed by atoms with Crippen molar-refractivity contribution in [3.8, 4) is 5.75 Å². The van der Waals surface area contributed by atoms with Crippen molar-refractivity contribution in [3.05, 3.63) is 83.4 Å². The molecule has 0 radical (unpaired) electrons. The third kappa shape index (κ3) is 5.26. The quantitative estimate of drug-likeness (QED) is 0.762. The van der Waals surface area contributed by atoms with Crippen LogP contribution in [-0.4, -0.2) is 25.1 Å². The predicted octanol–water partition coefficient (Wildman–Crippen LogP) is 4.96. The highest BCUT2D eigenvalue weighted by atomic mass is 35.5. The maximum Gasteiger partial charge on any atom is 0.118 e. The Labute approximate surface area is 150 Å². The van der Waals surface area contributed by atoms with Crippen LogP contribution in [0.4, 0.5) is 0 Å². The summed E-state index contributed by atoms with van der Waals surface area (Å²) in [6.07, 6.45) is 7.87. The summed E-state index contributed by atoms with van der Waals surface area (Å²) in [5.74, 6) is 0.899. The number of methoxy groups -OCH3 is 1. The van der Waals surface area contributed by atoms with E-state index in [1.165, 1.54) is 16.7 Å². The van der Waals surface area contributed by atoms with Crippen molar-refractivity contribution in [3.63, 3.8) is 0 Å². The fourth-order valence-corrected chi connectivity index (χ4v) is 2.78. The van der Waals surface area contributed by atoms with Crippen LogP contribution in [0.5, 0.6) is 5.75 Å². The van der Waals surface area contributed by atoms with Crippen molar-refractivity contribution in [2.24, 2.45) is 0 Å². The summed E-state index contributed by atoms with van der Waals surface area (Å²) >= 11 is 0. The summed E-state index contributed by atoms with van der Waals surface area (Å²) in [7, 11) is 1.69. The summed E-state index contributed by atoms with van der Waals surface area (Å²) in [4.78, 5) is 2.49. The molecule has 2 nitrogen and oxygen atoms in total. The fourth-order valence-electron chi connectivity index (χ4n) is 2.78. The molecule has 0 fully saturated rings. The van der Waals surface area contributed by atoms with Gasteiger partial charge in [-0.05, 0) is 35.3 Å². The molecule has 0 saturated heterocycles. The number of allylic oxidation sites excluding steroid dienone is 1. The van der Waals surface area contributed by atoms with Crippen LogP contribution in [0.2, 0.25) is 0 Å². The van der Waals surface area contributed by atoms with Gasteiger partial charge in [0, 0.05) is 19.6 Å². The summed E-state index contributed by atoms with van der Waals surface area (Å²) in [5, 5.41) is 0. The number of rotatable bonds is 5. The van der Waals surface area contributed by atoms with Crippen LogP contribution in [-0.2, 0) is 6.54 Å². The van der Waals surface area contributed by atoms with E-state index < -0.39 is 0 Å². The summed E-state index contributed by atoms with van der Waals surface area (Å²) in [5.41, 5.74) is 4.02. The first kappa shape index (κ1) is 18.3. The van der Waals surface area contributed by atoms with Gasteiger partial charge in [0.2, 0.25) is 0 Å². The Balaban J connectivity index is 0.00000208. The van der Waals surface area contributed by atoms with Gasteiger partial charge < -0.3 is 4.74 Å². The lowest BCUT2D eigenvalue weighted by Crippen LogP contribution is -2.27. The van der Waals surface area contributed by atoms with E-state index in [9.17, 15) is 0 Å². The molecule has 2 aromatic rings. The van der Waals surface area contributed by atoms with Crippen LogP contribution in [0.1, 0.15) is 17.5 Å². The second-order valence-corrected chi connectivity index (χ2v) is 5.86. The van der Waals surface area contributed by atoms with Crippen molar-refractivity contribution < 1.29 is 4.74 Å². The number of hydrogen-bond acceptors (Lipinski definition) is 2. The zero-order valence-electron chi connectivity index (χ0n) is 14.0. The van der Waals surface area contributed by atoms with Crippen LogP contribution in [0.3, 0.4) is 0 Å². The highest BCUT2D eigenvalue weighted by molar-refractivity contribution is 5.85. The topological polar surface area (TPSA) is 12.5 Å². The molecule has 0 N–H and O–H groups in total. The molecule has 0 bridgehead atoms. The molecule has 3 heteroatoms. The lowest BCUT2D eigenvalue weighted by molar-refractivity contribution is 0.287. The molecule has 0 spiro atoms. The van der Waals surface area contributed by atoms with Crippen LogP contribution in [0.15, 0.2) is 72.3 Å². The van der Waals surface area contributed by atoms with Gasteiger partial charge in [-0.2, -0.15) is 0 Å². The number of ether oxygens (including phenoxy) is 1. The molecule has 1 aliphatic heterocycles. The third-order valence-electron chi connectivity index (χ3n) is 4.18. The normalized spacial score (nSPS) is 15.0. The number of halogens is 1. The molecule has 0 aliphatic carbocycles. The molecule has 0 amide bonds. The Bertz CT molecular complexity index is 677. The monoisotopic (exact) mass is 341 g/mol. The first-order chi connectivity index (χ1) is 11.3. The van der Waals surface area contributed by atoms with Gasteiger partial charge in [-0.25, -0.2) is 0 Å². The first-order valence-electron chi connectivity index (χ1n) is 8.11. The highest BCUT2D eigenvalue weighted by Gasteiger charge is 2.10. The molecule has 1 aliphatic rings. The number of nitrogens with zero attached hydrogens (tertiary/aromatic N) is 1. The minimum absolute atomic E-state index is 0. The average Bonchev–Trinajstić information content (AvgIpc) is 2.62. The van der Waals surface area contributed by atoms with E-state index in [-0.39, 0.29) is 12.4 Å². The molecule has 1 heterocycles. The molecular formula is C21H24ClNO. The van der Waals surface area contributed by atoms with Crippen LogP contribution >= 0.6 is 12.4 Å². The largest absolute Gasteiger partial charge is 0.497 e. The van der Waals surface area contributed by atoms with Crippen LogP contribution < -0.4 is 4.74 Å². The van der Waals surface area contributed by atoms with E-state index in [1.54, 1.807) is 7.11 Å². The molecule has 3 rings (SSSR count). The smallest absolute Gasteiger partial charge is 0.118 e. The molecule has 2 aromatic carbocycles. The Morgan fingerprint density at radius 3 is 2.38 bits per heavy atom. The molecule has 24 heavy (non-hydrogen) atoms. The summed E-state index contributed by atoms with van der Waals surface area (Å²) in [6.45, 7) is 3.18. The predicted molar refractivity (Wildman–Crippen MR) is 104 cm³/mol. The second kappa shape index (κ2) is 9.31. The van der Waals surface area contributed by atoms with E-state index in [4.69, 9.17) is 4.74 Å². The third-order valence-corrected chi connectivity index (χ3v) is 4.18. The lowest BCUT2D eigenvalue weighted by Gasteiger charge is -2.25. The molecule has 0 unspecified atom stereocenters. The zero-order chi connectivity index (χ0) is 15.9. The maximum absolute atomic E-state index is 5.18. The average molecular weight is 342 g/mol. The van der Waals surface area contributed by atoms with Crippen molar-refractivity contribution in [2.75, 3.05) is 20.2 Å². The Morgan fingerprint density at radius 1 is 1.00 bits per heavy atom. The summed E-state index contributed by atoms with van der Waals surface area (Å²) < 4.78 is 5.18. The second-order valence-electron chi connectivity index (χ2n) is 5.86. The first-order valence-corrected chi connectivity index (χ1v) is 8.11. The van der Waals surface area contributed by atoms with Gasteiger partial charge in [-0.1, -0.05) is 60.7 Å². The van der Waals surface area contributed by atoms with Crippen LogP contribution in [0, 0.1) is 0 Å². The zero-order valence-corrected chi connectivity index (χ0v) is 14.8. The fraction of sp³-hybridized carbons (Fsp3) is 0.238. The van der Waals surface area contributed by atoms with Gasteiger partial charge in [0.15, 0.2) is 0 Å². The van der Waals surface area contributed by atoms with E-state index in [0.29, 0.717) is 0 Å². The van der Waals surface area contributed by atoms with Gasteiger partial charge >= 0.3 is 0 Å². The number of hydrogen-bond donors (Lipinski definition) is 0. The van der Waals surface area contributed by atoms with Crippen molar-refractivity contribution >= 4 is 18.5 Å². The van der Waals surface area contributed by atoms with Gasteiger partial charge in [0.25, 0.3) is 0 Å². The standard InChI is InChI=1S/C21H23NO.ClH/c1-23-21-11-9-18(10-12-21)7-8-19-13-15-22(16-14-19)17-20-5-3-2-4-6-20;/h2-13H,14-17H2,1H3;1H. The molecular weight excluding hydrogens is 318 g/mol. The van der Waals surface area contributed by atoms with E-state index >= 15 is 0 Å². The molecule has 0 aromatic heterocycles. The van der Waals surface area contributed by atoms with Gasteiger partial charge in [0.1, 0.15) is 5.75 Å². The van der Waals surface area contributed by atoms with E-state index in [0.717, 1.165) is 31.8 Å². The van der Waals surface area contributed by atoms with Crippen molar-refractivity contribution in [1.82, 2.24) is 4.90 Å². The summed E-state index contributed by atoms with van der Waals surface area (Å²) in [6, 6.07) is 18.8. The highest BCUT2D eigenvalue weighted by Crippen LogP contribution is 2.17. The van der Waals surface area contributed by atoms with Gasteiger partial charge in [-0.3, -0.25) is 4.90 Å². The Hall–Kier alpha value is -2.03. The maximum atomic E-state index is 5.18. The lowest BCUT2D eigenvalue weighted by atomic mass is 10.1. The SMILES string of the molecule is COc1ccc(C=CC2=CCN(Cc3ccccc3)CC2)cc1.Cl. The van der Waals surface area contributed by atoms with Crippen molar-refractivity contribution in [2.45, 2.75) is 13.0 Å². The Kier molecular flexibility index (Phi) is 7.10. The molecule has 126 valence electrons. The van der Waals surface area contributed by atoms with Crippen molar-refractivity contribution in [1.29, 1.82) is 0 Å². The van der Waals surface area contributed by atoms with E-state index in [2.05, 4.69) is 65.6 Å². The van der Waals surface area contributed by atoms with E-state index in [1.807, 2.05) is 12.1 Å². The molecule has 0 saturated carbocycles. The minimum atomic E-state index is 0. The molecule has 0 atom stereocenters. The number of benzene rings is 2. The van der Waals surface area contributed by atoms with Crippen LogP contribution in [0.25, 0.3) is 6.08 Å². The van der Waals surface area contributed by atoms with Gasteiger partial charge in [0.05, 0.1) is 7.11 Å². The minimum Gasteiger partial charge on any atom is -0.497 e.